The highest BCUT2D eigenvalue weighted by molar-refractivity contribution is 6.29. The second kappa shape index (κ2) is 6.90. The number of aliphatic hydroxyl groups is 1. The second-order valence-electron chi connectivity index (χ2n) is 6.23. The minimum Gasteiger partial charge on any atom is -0.491 e. The molecule has 130 valence electrons. The van der Waals surface area contributed by atoms with E-state index in [1.807, 2.05) is 30.3 Å². The van der Waals surface area contributed by atoms with E-state index in [0.717, 1.165) is 24.0 Å². The van der Waals surface area contributed by atoms with E-state index in [1.165, 1.54) is 0 Å². The lowest BCUT2D eigenvalue weighted by Crippen LogP contribution is -2.32. The van der Waals surface area contributed by atoms with E-state index in [-0.39, 0.29) is 11.4 Å². The summed E-state index contributed by atoms with van der Waals surface area (Å²) in [6.45, 7) is 1.06. The molecular formula is C18H18ClN3O3. The lowest BCUT2D eigenvalue weighted by atomic mass is 9.83. The second-order valence-corrected chi connectivity index (χ2v) is 6.57. The molecule has 0 bridgehead atoms. The van der Waals surface area contributed by atoms with Crippen LogP contribution >= 0.6 is 11.6 Å². The van der Waals surface area contributed by atoms with Crippen molar-refractivity contribution >= 4 is 28.3 Å². The maximum Gasteiger partial charge on any atom is 0.225 e. The van der Waals surface area contributed by atoms with Gasteiger partial charge in [0.2, 0.25) is 5.28 Å². The Bertz CT molecular complexity index is 863. The van der Waals surface area contributed by atoms with Crippen LogP contribution in [-0.2, 0) is 6.54 Å². The van der Waals surface area contributed by atoms with Crippen molar-refractivity contribution < 1.29 is 14.3 Å². The standard InChI is InChI=1S/C18H18ClN3O3/c19-18-21-16-14(17(22-18)20-9-13-3-2-6-24-13)4-1-5-15(16)25-10-11-7-12(23)8-11/h1-6,11-12,23H,7-10H2,(H,20,21,22). The van der Waals surface area contributed by atoms with Gasteiger partial charge in [-0.05, 0) is 54.6 Å². The summed E-state index contributed by atoms with van der Waals surface area (Å²) < 4.78 is 11.3. The monoisotopic (exact) mass is 359 g/mol. The van der Waals surface area contributed by atoms with Gasteiger partial charge in [0.15, 0.2) is 0 Å². The molecule has 0 radical (unpaired) electrons. The number of furan rings is 1. The first-order chi connectivity index (χ1) is 12.2. The van der Waals surface area contributed by atoms with Crippen molar-refractivity contribution in [3.8, 4) is 5.75 Å². The van der Waals surface area contributed by atoms with Gasteiger partial charge >= 0.3 is 0 Å². The number of para-hydroxylation sites is 1. The van der Waals surface area contributed by atoms with E-state index in [2.05, 4.69) is 15.3 Å². The summed E-state index contributed by atoms with van der Waals surface area (Å²) in [7, 11) is 0. The molecular weight excluding hydrogens is 342 g/mol. The number of rotatable bonds is 6. The predicted molar refractivity (Wildman–Crippen MR) is 94.8 cm³/mol. The lowest BCUT2D eigenvalue weighted by Gasteiger charge is -2.31. The van der Waals surface area contributed by atoms with Crippen LogP contribution < -0.4 is 10.1 Å². The van der Waals surface area contributed by atoms with Gasteiger partial charge < -0.3 is 19.6 Å². The number of fused-ring (bicyclic) bond motifs is 1. The van der Waals surface area contributed by atoms with E-state index >= 15 is 0 Å². The molecule has 0 atom stereocenters. The summed E-state index contributed by atoms with van der Waals surface area (Å²) in [5, 5.41) is 13.6. The average molecular weight is 360 g/mol. The number of benzene rings is 1. The summed E-state index contributed by atoms with van der Waals surface area (Å²) >= 11 is 6.10. The number of nitrogens with one attached hydrogen (secondary N) is 1. The number of hydrogen-bond donors (Lipinski definition) is 2. The molecule has 0 aliphatic heterocycles. The third-order valence-electron chi connectivity index (χ3n) is 4.36. The van der Waals surface area contributed by atoms with Crippen molar-refractivity contribution in [2.24, 2.45) is 5.92 Å². The zero-order valence-electron chi connectivity index (χ0n) is 13.5. The van der Waals surface area contributed by atoms with Crippen LogP contribution in [0.4, 0.5) is 5.82 Å². The third-order valence-corrected chi connectivity index (χ3v) is 4.53. The summed E-state index contributed by atoms with van der Waals surface area (Å²) in [6.07, 6.45) is 3.02. The minimum atomic E-state index is -0.185. The number of ether oxygens (including phenoxy) is 1. The van der Waals surface area contributed by atoms with Crippen LogP contribution in [0.2, 0.25) is 5.28 Å². The third kappa shape index (κ3) is 3.55. The number of aromatic nitrogens is 2. The SMILES string of the molecule is OC1CC(COc2cccc3c(NCc4ccco4)nc(Cl)nc23)C1. The fraction of sp³-hybridized carbons (Fsp3) is 0.333. The number of nitrogens with zero attached hydrogens (tertiary/aromatic N) is 2. The fourth-order valence-corrected chi connectivity index (χ4v) is 3.15. The van der Waals surface area contributed by atoms with E-state index < -0.39 is 0 Å². The average Bonchev–Trinajstić information content (AvgIpc) is 3.09. The molecule has 1 aliphatic rings. The summed E-state index contributed by atoms with van der Waals surface area (Å²) in [5.41, 5.74) is 0.671. The van der Waals surface area contributed by atoms with Crippen LogP contribution in [0.25, 0.3) is 10.9 Å². The molecule has 4 rings (SSSR count). The van der Waals surface area contributed by atoms with Gasteiger partial charge in [-0.2, -0.15) is 0 Å². The van der Waals surface area contributed by atoms with Gasteiger partial charge in [-0.15, -0.1) is 0 Å². The molecule has 3 aromatic rings. The highest BCUT2D eigenvalue weighted by Gasteiger charge is 2.27. The van der Waals surface area contributed by atoms with Gasteiger partial charge in [-0.25, -0.2) is 9.97 Å². The predicted octanol–water partition coefficient (Wildman–Crippen LogP) is 3.64. The molecule has 1 aromatic carbocycles. The number of hydrogen-bond acceptors (Lipinski definition) is 6. The molecule has 7 heteroatoms. The highest BCUT2D eigenvalue weighted by Crippen LogP contribution is 2.32. The number of halogens is 1. The molecule has 25 heavy (non-hydrogen) atoms. The van der Waals surface area contributed by atoms with Crippen LogP contribution in [0.15, 0.2) is 41.0 Å². The van der Waals surface area contributed by atoms with Crippen LogP contribution in [0.5, 0.6) is 5.75 Å². The molecule has 1 saturated carbocycles. The van der Waals surface area contributed by atoms with E-state index in [1.54, 1.807) is 6.26 Å². The Hall–Kier alpha value is -2.31. The van der Waals surface area contributed by atoms with Crippen molar-refractivity contribution in [3.63, 3.8) is 0 Å². The van der Waals surface area contributed by atoms with E-state index in [4.69, 9.17) is 20.8 Å². The summed E-state index contributed by atoms with van der Waals surface area (Å²) in [6, 6.07) is 9.43. The minimum absolute atomic E-state index is 0.157. The van der Waals surface area contributed by atoms with Crippen molar-refractivity contribution in [2.75, 3.05) is 11.9 Å². The zero-order chi connectivity index (χ0) is 17.2. The van der Waals surface area contributed by atoms with Crippen molar-refractivity contribution in [2.45, 2.75) is 25.5 Å². The van der Waals surface area contributed by atoms with E-state index in [0.29, 0.717) is 36.2 Å². The maximum atomic E-state index is 9.39. The molecule has 0 unspecified atom stereocenters. The molecule has 0 saturated heterocycles. The largest absolute Gasteiger partial charge is 0.491 e. The molecule has 0 amide bonds. The van der Waals surface area contributed by atoms with Gasteiger partial charge in [-0.1, -0.05) is 6.07 Å². The highest BCUT2D eigenvalue weighted by atomic mass is 35.5. The molecule has 1 aliphatic carbocycles. The first-order valence-corrected chi connectivity index (χ1v) is 8.60. The lowest BCUT2D eigenvalue weighted by molar-refractivity contribution is 0.0205. The number of aliphatic hydroxyl groups excluding tert-OH is 1. The Morgan fingerprint density at radius 1 is 1.24 bits per heavy atom. The van der Waals surface area contributed by atoms with Crippen molar-refractivity contribution in [1.82, 2.24) is 9.97 Å². The van der Waals surface area contributed by atoms with Gasteiger partial charge in [0.05, 0.1) is 25.5 Å². The Labute approximate surface area is 149 Å². The van der Waals surface area contributed by atoms with Crippen LogP contribution in [0.3, 0.4) is 0 Å². The quantitative estimate of drug-likeness (QED) is 0.654. The normalized spacial score (nSPS) is 19.6. The summed E-state index contributed by atoms with van der Waals surface area (Å²) in [4.78, 5) is 8.62. The summed E-state index contributed by atoms with van der Waals surface area (Å²) in [5.74, 6) is 2.50. The fourth-order valence-electron chi connectivity index (χ4n) is 2.98. The maximum absolute atomic E-state index is 9.39. The van der Waals surface area contributed by atoms with Gasteiger partial charge in [-0.3, -0.25) is 0 Å². The Balaban J connectivity index is 1.57. The first-order valence-electron chi connectivity index (χ1n) is 8.22. The van der Waals surface area contributed by atoms with Crippen LogP contribution in [0.1, 0.15) is 18.6 Å². The van der Waals surface area contributed by atoms with Crippen molar-refractivity contribution in [1.29, 1.82) is 0 Å². The topological polar surface area (TPSA) is 80.4 Å². The molecule has 6 nitrogen and oxygen atoms in total. The van der Waals surface area contributed by atoms with E-state index in [9.17, 15) is 5.11 Å². The zero-order valence-corrected chi connectivity index (χ0v) is 14.2. The molecule has 1 fully saturated rings. The Morgan fingerprint density at radius 3 is 2.88 bits per heavy atom. The number of anilines is 1. The molecule has 2 N–H and O–H groups in total. The molecule has 2 heterocycles. The first kappa shape index (κ1) is 16.2. The van der Waals surface area contributed by atoms with Gasteiger partial charge in [0, 0.05) is 5.39 Å². The Morgan fingerprint density at radius 2 is 2.12 bits per heavy atom. The smallest absolute Gasteiger partial charge is 0.225 e. The molecule has 2 aromatic heterocycles. The van der Waals surface area contributed by atoms with Gasteiger partial charge in [0.1, 0.15) is 22.8 Å². The molecule has 0 spiro atoms. The van der Waals surface area contributed by atoms with Crippen LogP contribution in [-0.4, -0.2) is 27.8 Å². The van der Waals surface area contributed by atoms with Gasteiger partial charge in [0.25, 0.3) is 0 Å². The Kier molecular flexibility index (Phi) is 4.46. The van der Waals surface area contributed by atoms with Crippen LogP contribution in [0, 0.1) is 5.92 Å². The van der Waals surface area contributed by atoms with Crippen molar-refractivity contribution in [3.05, 3.63) is 47.6 Å².